The minimum atomic E-state index is -2.49. The van der Waals surface area contributed by atoms with E-state index in [2.05, 4.69) is 10.1 Å². The summed E-state index contributed by atoms with van der Waals surface area (Å²) in [6.45, 7) is 0.817. The first-order valence-electron chi connectivity index (χ1n) is 6.07. The van der Waals surface area contributed by atoms with E-state index in [1.165, 1.54) is 0 Å². The first kappa shape index (κ1) is 14.1. The average Bonchev–Trinajstić information content (AvgIpc) is 2.43. The molecule has 1 fully saturated rings. The number of hydrazine groups is 1. The molecule has 0 spiro atoms. The summed E-state index contributed by atoms with van der Waals surface area (Å²) in [7, 11) is -2.49. The Morgan fingerprint density at radius 1 is 1.58 bits per heavy atom. The molecule has 19 heavy (non-hydrogen) atoms. The van der Waals surface area contributed by atoms with Crippen LogP contribution in [0.5, 0.6) is 0 Å². The van der Waals surface area contributed by atoms with Crippen molar-refractivity contribution in [1.82, 2.24) is 15.1 Å². The van der Waals surface area contributed by atoms with Crippen LogP contribution in [0.4, 0.5) is 0 Å². The molecule has 0 saturated carbocycles. The quantitative estimate of drug-likeness (QED) is 0.400. The van der Waals surface area contributed by atoms with E-state index < -0.39 is 19.1 Å². The molecule has 1 unspecified atom stereocenters. The summed E-state index contributed by atoms with van der Waals surface area (Å²) in [5, 5.41) is 2.52. The Hall–Kier alpha value is -1.27. The van der Waals surface area contributed by atoms with Crippen molar-refractivity contribution in [2.75, 3.05) is 6.54 Å². The molecule has 2 atom stereocenters. The number of hydrogen-bond acceptors (Lipinski definition) is 5. The summed E-state index contributed by atoms with van der Waals surface area (Å²) in [5.74, 6) is 5.09. The van der Waals surface area contributed by atoms with Crippen LogP contribution < -0.4 is 16.7 Å². The lowest BCUT2D eigenvalue weighted by molar-refractivity contribution is -0.136. The van der Waals surface area contributed by atoms with E-state index >= 15 is 0 Å². The standard InChI is InChI=1S/C11H18N5O2P/c12-11(4-2-6-16(13)10(11)17)19(18)15-8-9-3-1-5-14-7-9/h1,3,5,7,19H,2,4,6,8,12-13H2,(H,15,18)/t11-/m0/s1. The number of rotatable bonds is 4. The molecule has 1 aromatic rings. The van der Waals surface area contributed by atoms with Gasteiger partial charge in [-0.25, -0.2) is 5.84 Å². The van der Waals surface area contributed by atoms with Crippen molar-refractivity contribution in [3.8, 4) is 0 Å². The SMILES string of the molecule is NN1CCC[C@](N)([PH](=O)NCc2cccnc2)C1=O. The zero-order chi connectivity index (χ0) is 13.9. The third kappa shape index (κ3) is 3.01. The number of piperidine rings is 1. The Kier molecular flexibility index (Phi) is 4.31. The van der Waals surface area contributed by atoms with Crippen LogP contribution in [0, 0.1) is 0 Å². The molecule has 0 bridgehead atoms. The van der Waals surface area contributed by atoms with Gasteiger partial charge < -0.3 is 10.3 Å². The monoisotopic (exact) mass is 283 g/mol. The molecule has 1 saturated heterocycles. The fourth-order valence-corrected chi connectivity index (χ4v) is 3.47. The van der Waals surface area contributed by atoms with Gasteiger partial charge in [0, 0.05) is 25.5 Å². The van der Waals surface area contributed by atoms with E-state index in [1.807, 2.05) is 6.07 Å². The summed E-state index contributed by atoms with van der Waals surface area (Å²) in [5.41, 5.74) is 6.87. The smallest absolute Gasteiger partial charge is 0.265 e. The lowest BCUT2D eigenvalue weighted by Crippen LogP contribution is -2.59. The number of aromatic nitrogens is 1. The van der Waals surface area contributed by atoms with Crippen LogP contribution in [-0.2, 0) is 15.9 Å². The van der Waals surface area contributed by atoms with Crippen LogP contribution in [-0.4, -0.2) is 27.7 Å². The van der Waals surface area contributed by atoms with E-state index in [1.54, 1.807) is 18.5 Å². The van der Waals surface area contributed by atoms with Crippen LogP contribution in [0.1, 0.15) is 18.4 Å². The van der Waals surface area contributed by atoms with Crippen molar-refractivity contribution in [3.05, 3.63) is 30.1 Å². The minimum absolute atomic E-state index is 0.364. The molecule has 1 aliphatic heterocycles. The largest absolute Gasteiger partial charge is 0.310 e. The van der Waals surface area contributed by atoms with Gasteiger partial charge in [0.05, 0.1) is 0 Å². The van der Waals surface area contributed by atoms with E-state index in [-0.39, 0.29) is 0 Å². The van der Waals surface area contributed by atoms with Gasteiger partial charge in [0.15, 0.2) is 13.2 Å². The minimum Gasteiger partial charge on any atom is -0.310 e. The van der Waals surface area contributed by atoms with Gasteiger partial charge in [-0.15, -0.1) is 0 Å². The second-order valence-corrected chi connectivity index (χ2v) is 6.52. The molecule has 0 aromatic carbocycles. The summed E-state index contributed by atoms with van der Waals surface area (Å²) < 4.78 is 12.3. The van der Waals surface area contributed by atoms with E-state index in [4.69, 9.17) is 11.6 Å². The number of pyridine rings is 1. The van der Waals surface area contributed by atoms with Crippen molar-refractivity contribution < 1.29 is 9.36 Å². The molecular formula is C11H18N5O2P. The van der Waals surface area contributed by atoms with Crippen molar-refractivity contribution in [2.45, 2.75) is 24.7 Å². The number of nitrogens with zero attached hydrogens (tertiary/aromatic N) is 2. The van der Waals surface area contributed by atoms with Gasteiger partial charge in [-0.3, -0.25) is 19.9 Å². The van der Waals surface area contributed by atoms with Crippen molar-refractivity contribution in [1.29, 1.82) is 0 Å². The number of hydrogen-bond donors (Lipinski definition) is 3. The Balaban J connectivity index is 2.01. The molecule has 1 aromatic heterocycles. The fraction of sp³-hybridized carbons (Fsp3) is 0.455. The molecule has 104 valence electrons. The van der Waals surface area contributed by atoms with Crippen LogP contribution >= 0.6 is 7.95 Å². The third-order valence-corrected chi connectivity index (χ3v) is 4.97. The Morgan fingerprint density at radius 2 is 2.37 bits per heavy atom. The Labute approximate surface area is 112 Å². The van der Waals surface area contributed by atoms with Gasteiger partial charge in [-0.05, 0) is 24.5 Å². The van der Waals surface area contributed by atoms with Gasteiger partial charge in [0.1, 0.15) is 0 Å². The lowest BCUT2D eigenvalue weighted by Gasteiger charge is -2.36. The van der Waals surface area contributed by atoms with Crippen molar-refractivity contribution in [3.63, 3.8) is 0 Å². The highest BCUT2D eigenvalue weighted by atomic mass is 31.1. The van der Waals surface area contributed by atoms with Crippen molar-refractivity contribution in [2.24, 2.45) is 11.6 Å². The molecule has 1 amide bonds. The summed E-state index contributed by atoms with van der Waals surface area (Å²) >= 11 is 0. The second kappa shape index (κ2) is 5.79. The number of carbonyl (C=O) groups excluding carboxylic acids is 1. The highest BCUT2D eigenvalue weighted by Crippen LogP contribution is 2.38. The maximum atomic E-state index is 12.3. The maximum absolute atomic E-state index is 12.3. The third-order valence-electron chi connectivity index (χ3n) is 3.19. The number of nitrogens with two attached hydrogens (primary N) is 2. The second-order valence-electron chi connectivity index (χ2n) is 4.62. The maximum Gasteiger partial charge on any atom is 0.265 e. The fourth-order valence-electron chi connectivity index (χ4n) is 2.05. The molecule has 2 heterocycles. The van der Waals surface area contributed by atoms with Gasteiger partial charge >= 0.3 is 0 Å². The van der Waals surface area contributed by atoms with Crippen LogP contribution in [0.25, 0.3) is 0 Å². The molecule has 2 rings (SSSR count). The molecule has 0 radical (unpaired) electrons. The molecule has 7 nitrogen and oxygen atoms in total. The molecular weight excluding hydrogens is 265 g/mol. The topological polar surface area (TPSA) is 114 Å². The van der Waals surface area contributed by atoms with Crippen LogP contribution in [0.15, 0.2) is 24.5 Å². The predicted octanol–water partition coefficient (Wildman–Crippen LogP) is -0.203. The highest BCUT2D eigenvalue weighted by Gasteiger charge is 2.44. The van der Waals surface area contributed by atoms with Gasteiger partial charge in [-0.1, -0.05) is 6.07 Å². The Morgan fingerprint density at radius 3 is 3.05 bits per heavy atom. The number of carbonyl (C=O) groups is 1. The molecule has 8 heteroatoms. The highest BCUT2D eigenvalue weighted by molar-refractivity contribution is 7.45. The molecule has 5 N–H and O–H groups in total. The first-order valence-corrected chi connectivity index (χ1v) is 7.47. The van der Waals surface area contributed by atoms with E-state index in [0.29, 0.717) is 25.9 Å². The first-order chi connectivity index (χ1) is 9.04. The van der Waals surface area contributed by atoms with Gasteiger partial charge in [0.2, 0.25) is 0 Å². The van der Waals surface area contributed by atoms with E-state index in [0.717, 1.165) is 10.6 Å². The van der Waals surface area contributed by atoms with Crippen LogP contribution in [0.2, 0.25) is 0 Å². The zero-order valence-corrected chi connectivity index (χ0v) is 11.5. The van der Waals surface area contributed by atoms with Crippen LogP contribution in [0.3, 0.4) is 0 Å². The van der Waals surface area contributed by atoms with Crippen molar-refractivity contribution >= 4 is 13.9 Å². The van der Waals surface area contributed by atoms with Gasteiger partial charge in [0.25, 0.3) is 5.91 Å². The molecule has 1 aliphatic rings. The summed E-state index contributed by atoms with van der Waals surface area (Å²) in [6, 6.07) is 3.65. The lowest BCUT2D eigenvalue weighted by atomic mass is 10.1. The Bertz CT molecular complexity index is 483. The predicted molar refractivity (Wildman–Crippen MR) is 72.1 cm³/mol. The average molecular weight is 283 g/mol. The van der Waals surface area contributed by atoms with E-state index in [9.17, 15) is 9.36 Å². The number of amides is 1. The zero-order valence-electron chi connectivity index (χ0n) is 10.5. The summed E-state index contributed by atoms with van der Waals surface area (Å²) in [6.07, 6.45) is 4.37. The van der Waals surface area contributed by atoms with Gasteiger partial charge in [-0.2, -0.15) is 0 Å². The molecule has 0 aliphatic carbocycles. The number of nitrogens with one attached hydrogen (secondary N) is 1. The summed E-state index contributed by atoms with van der Waals surface area (Å²) in [4.78, 5) is 15.9. The normalized spacial score (nSPS) is 25.4.